The Balaban J connectivity index is 0.00000234. The number of H-pyrrole nitrogens is 2. The van der Waals surface area contributed by atoms with Crippen LogP contribution in [0, 0.1) is 17.7 Å². The second kappa shape index (κ2) is 23.5. The number of nitrogens with zero attached hydrogens (tertiary/aromatic N) is 5. The maximum absolute atomic E-state index is 17.3. The first-order valence-electron chi connectivity index (χ1n) is 22.9. The number of carbonyl (C=O) groups excluding carboxylic acids is 4. The second-order valence-electron chi connectivity index (χ2n) is 18.1. The number of nitrogens with one attached hydrogen (secondary N) is 4. The number of ether oxygens (including phenoxy) is 3. The average Bonchev–Trinajstić information content (AvgIpc) is 4.20. The fourth-order valence-corrected chi connectivity index (χ4v) is 10.7. The number of amides is 4. The molecule has 4 amide bonds. The van der Waals surface area contributed by atoms with Crippen molar-refractivity contribution < 1.29 is 37.8 Å². The van der Waals surface area contributed by atoms with Crippen LogP contribution in [0.2, 0.25) is 0 Å². The standard InChI is InChI=1S/C49H56FN9O7S.4H2S/c1-8-29-15-18-38(67-29)47-59-34-17-14-27(32-23-51-43(53-32)35-11-9-19-57(35)45(60)40(25(2)3)55-48(62)64-6)21-31(34)39(50)42(59)30-16-13-28(22-37(30)66-47)33-24-52-44(54-33)36-12-10-20-58(36)46(61)41(26(4)5)56-49(63)65-7;;;;/h13-18,21-26,35-36,40-41,47H,8-12,19-20H2,1-7H3,(H,51,53)(H,52,54)(H,55,62)(H,56,63);4*1H2/t35-,36-,40-,41-,47?;;;;/m0..../s1. The van der Waals surface area contributed by atoms with Gasteiger partial charge in [-0.2, -0.15) is 54.0 Å². The summed E-state index contributed by atoms with van der Waals surface area (Å²) in [6, 6.07) is 13.4. The molecule has 22 heteroatoms. The van der Waals surface area contributed by atoms with Crippen LogP contribution in [0.15, 0.2) is 60.9 Å². The van der Waals surface area contributed by atoms with Crippen LogP contribution in [0.1, 0.15) is 100 Å². The highest BCUT2D eigenvalue weighted by Gasteiger charge is 2.40. The molecular weight excluding hydrogens is 1010 g/mol. The topological polar surface area (TPSA) is 189 Å². The van der Waals surface area contributed by atoms with E-state index in [1.807, 2.05) is 74.7 Å². The molecular formula is C49H64FN9O7S5. The summed E-state index contributed by atoms with van der Waals surface area (Å²) >= 11 is 1.63. The molecule has 4 N–H and O–H groups in total. The third-order valence-corrected chi connectivity index (χ3v) is 14.5. The minimum absolute atomic E-state index is 0. The quantitative estimate of drug-likeness (QED) is 0.0926. The van der Waals surface area contributed by atoms with Gasteiger partial charge in [0.15, 0.2) is 5.82 Å². The van der Waals surface area contributed by atoms with Gasteiger partial charge in [-0.3, -0.25) is 14.2 Å². The molecule has 16 nitrogen and oxygen atoms in total. The number of hydrogen-bond acceptors (Lipinski definition) is 10. The molecule has 0 radical (unpaired) electrons. The van der Waals surface area contributed by atoms with Gasteiger partial charge >= 0.3 is 12.2 Å². The van der Waals surface area contributed by atoms with Crippen LogP contribution in [-0.2, 0) is 25.5 Å². The van der Waals surface area contributed by atoms with Crippen molar-refractivity contribution in [3.8, 4) is 39.5 Å². The minimum Gasteiger partial charge on any atom is -0.464 e. The van der Waals surface area contributed by atoms with Gasteiger partial charge < -0.3 is 44.6 Å². The minimum atomic E-state index is -0.756. The Kier molecular flexibility index (Phi) is 18.7. The van der Waals surface area contributed by atoms with Crippen LogP contribution in [0.4, 0.5) is 14.0 Å². The van der Waals surface area contributed by atoms with Gasteiger partial charge in [-0.25, -0.2) is 23.9 Å². The van der Waals surface area contributed by atoms with Crippen molar-refractivity contribution in [2.45, 2.75) is 97.1 Å². The third kappa shape index (κ3) is 10.8. The van der Waals surface area contributed by atoms with Gasteiger partial charge in [-0.15, -0.1) is 11.3 Å². The zero-order valence-corrected chi connectivity index (χ0v) is 45.5. The highest BCUT2D eigenvalue weighted by Crippen LogP contribution is 2.49. The molecule has 5 atom stereocenters. The molecule has 384 valence electrons. The summed E-state index contributed by atoms with van der Waals surface area (Å²) in [4.78, 5) is 73.8. The molecule has 3 aliphatic rings. The summed E-state index contributed by atoms with van der Waals surface area (Å²) in [5.41, 5.74) is 4.58. The number of aromatic nitrogens is 5. The molecule has 2 aromatic carbocycles. The van der Waals surface area contributed by atoms with Crippen LogP contribution in [0.3, 0.4) is 0 Å². The van der Waals surface area contributed by atoms with Gasteiger partial charge in [0.2, 0.25) is 18.0 Å². The fourth-order valence-electron chi connectivity index (χ4n) is 9.68. The highest BCUT2D eigenvalue weighted by molar-refractivity contribution is 7.59. The van der Waals surface area contributed by atoms with Crippen molar-refractivity contribution in [1.82, 2.24) is 44.9 Å². The monoisotopic (exact) mass is 1070 g/mol. The number of alkyl carbamates (subject to hydrolysis) is 2. The third-order valence-electron chi connectivity index (χ3n) is 13.2. The summed E-state index contributed by atoms with van der Waals surface area (Å²) in [6.07, 6.45) is 5.31. The predicted octanol–water partition coefficient (Wildman–Crippen LogP) is 9.33. The van der Waals surface area contributed by atoms with E-state index >= 15 is 4.39 Å². The van der Waals surface area contributed by atoms with Crippen LogP contribution >= 0.6 is 65.3 Å². The molecule has 2 fully saturated rings. The lowest BCUT2D eigenvalue weighted by atomic mass is 10.0. The van der Waals surface area contributed by atoms with E-state index in [0.717, 1.165) is 35.3 Å². The molecule has 0 bridgehead atoms. The Morgan fingerprint density at radius 2 is 1.30 bits per heavy atom. The Morgan fingerprint density at radius 1 is 0.775 bits per heavy atom. The van der Waals surface area contributed by atoms with E-state index in [2.05, 4.69) is 33.6 Å². The number of aryl methyl sites for hydroxylation is 1. The van der Waals surface area contributed by atoms with Gasteiger partial charge in [-0.05, 0) is 80.3 Å². The van der Waals surface area contributed by atoms with E-state index in [1.54, 1.807) is 33.5 Å². The Hall–Kier alpha value is -5.29. The molecule has 0 saturated carbocycles. The lowest BCUT2D eigenvalue weighted by Crippen LogP contribution is -2.51. The number of halogens is 1. The molecule has 0 aliphatic carbocycles. The maximum Gasteiger partial charge on any atom is 0.407 e. The van der Waals surface area contributed by atoms with Crippen molar-refractivity contribution >= 4 is 100 Å². The number of likely N-dealkylation sites (tertiary alicyclic amines) is 2. The number of benzene rings is 2. The van der Waals surface area contributed by atoms with Crippen molar-refractivity contribution in [1.29, 1.82) is 0 Å². The van der Waals surface area contributed by atoms with Gasteiger partial charge in [0.05, 0.1) is 66.2 Å². The predicted molar refractivity (Wildman–Crippen MR) is 292 cm³/mol. The van der Waals surface area contributed by atoms with E-state index in [9.17, 15) is 19.2 Å². The largest absolute Gasteiger partial charge is 0.464 e. The van der Waals surface area contributed by atoms with Crippen molar-refractivity contribution in [2.75, 3.05) is 27.3 Å². The summed E-state index contributed by atoms with van der Waals surface area (Å²) in [5, 5.41) is 5.81. The molecule has 2 saturated heterocycles. The van der Waals surface area contributed by atoms with E-state index in [4.69, 9.17) is 24.2 Å². The first-order chi connectivity index (χ1) is 32.3. The average molecular weight is 1070 g/mol. The van der Waals surface area contributed by atoms with E-state index in [-0.39, 0.29) is 95.5 Å². The maximum atomic E-state index is 17.3. The lowest BCUT2D eigenvalue weighted by Gasteiger charge is -2.30. The molecule has 9 rings (SSSR count). The summed E-state index contributed by atoms with van der Waals surface area (Å²) in [5.74, 6) is 0.676. The summed E-state index contributed by atoms with van der Waals surface area (Å²) < 4.78 is 35.8. The summed E-state index contributed by atoms with van der Waals surface area (Å²) in [6.45, 7) is 10.7. The number of hydrogen-bond donors (Lipinski definition) is 4. The number of fused-ring (bicyclic) bond motifs is 5. The van der Waals surface area contributed by atoms with Crippen molar-refractivity contribution in [3.05, 3.63) is 88.1 Å². The number of rotatable bonds is 12. The zero-order chi connectivity index (χ0) is 47.3. The van der Waals surface area contributed by atoms with Crippen molar-refractivity contribution in [3.63, 3.8) is 0 Å². The van der Waals surface area contributed by atoms with Gasteiger partial charge in [0, 0.05) is 40.0 Å². The summed E-state index contributed by atoms with van der Waals surface area (Å²) in [7, 11) is 2.55. The number of thiophene rings is 1. The van der Waals surface area contributed by atoms with Crippen LogP contribution < -0.4 is 15.4 Å². The molecule has 4 aromatic heterocycles. The number of imidazole rings is 2. The smallest absolute Gasteiger partial charge is 0.407 e. The number of aromatic amines is 2. The normalized spacial score (nSPS) is 17.7. The van der Waals surface area contributed by atoms with E-state index in [1.165, 1.54) is 19.1 Å². The van der Waals surface area contributed by atoms with Gasteiger partial charge in [0.1, 0.15) is 29.5 Å². The first-order valence-corrected chi connectivity index (χ1v) is 23.7. The zero-order valence-electron chi connectivity index (χ0n) is 40.6. The van der Waals surface area contributed by atoms with Crippen LogP contribution in [-0.4, -0.2) is 97.7 Å². The number of methoxy groups -OCH3 is 2. The molecule has 0 spiro atoms. The highest BCUT2D eigenvalue weighted by atomic mass is 32.1. The van der Waals surface area contributed by atoms with Gasteiger partial charge in [0.25, 0.3) is 0 Å². The Labute approximate surface area is 444 Å². The Morgan fingerprint density at radius 3 is 1.79 bits per heavy atom. The SMILES string of the molecule is CCc1ccc(C2Oc3cc(-c4cnc([C@@H]5CCCN5C(=O)[C@@H](NC(=O)OC)C(C)C)[nH]4)ccc3-c3c(F)c4cc(-c5cnc([C@@H]6CCCN6C(=O)[C@@H](NC(=O)OC)C(C)C)[nH]5)ccc4n32)s1.S.S.S.S. The molecule has 3 aliphatic heterocycles. The number of carbonyl (C=O) groups is 4. The molecule has 7 heterocycles. The molecule has 6 aromatic rings. The first kappa shape index (κ1) is 56.6. The second-order valence-corrected chi connectivity index (χ2v) is 19.3. The molecule has 1 unspecified atom stereocenters. The fraction of sp³-hybridized carbons (Fsp3) is 0.429. The van der Waals surface area contributed by atoms with Crippen LogP contribution in [0.25, 0.3) is 44.7 Å². The van der Waals surface area contributed by atoms with Crippen LogP contribution in [0.5, 0.6) is 5.75 Å². The van der Waals surface area contributed by atoms with Crippen molar-refractivity contribution in [2.24, 2.45) is 11.8 Å². The van der Waals surface area contributed by atoms with Gasteiger partial charge in [-0.1, -0.05) is 46.8 Å². The van der Waals surface area contributed by atoms with E-state index in [0.29, 0.717) is 76.9 Å². The Bertz CT molecular complexity index is 2860. The molecule has 71 heavy (non-hydrogen) atoms. The lowest BCUT2D eigenvalue weighted by molar-refractivity contribution is -0.136. The van der Waals surface area contributed by atoms with E-state index < -0.39 is 30.5 Å².